The molecule has 2 aromatic rings. The number of carbonyl (C=O) groups excluding carboxylic acids is 1. The maximum absolute atomic E-state index is 13.0. The highest BCUT2D eigenvalue weighted by Gasteiger charge is 2.10. The summed E-state index contributed by atoms with van der Waals surface area (Å²) in [5.41, 5.74) is 1.20. The summed E-state index contributed by atoms with van der Waals surface area (Å²) in [5, 5.41) is 11.3. The molecule has 2 rings (SSSR count). The lowest BCUT2D eigenvalue weighted by Gasteiger charge is -2.07. The lowest BCUT2D eigenvalue weighted by atomic mass is 10.1. The largest absolute Gasteiger partial charge is 0.322 e. The zero-order valence-corrected chi connectivity index (χ0v) is 12.3. The standard InChI is InChI=1S/C14H7BrClFN2O/c15-11-5-8(1-2-9(11)7-18)14(20)19-10-3-4-13(17)12(16)6-10/h1-6H,(H,19,20). The third kappa shape index (κ3) is 3.16. The zero-order chi connectivity index (χ0) is 14.7. The van der Waals surface area contributed by atoms with Gasteiger partial charge in [-0.1, -0.05) is 11.6 Å². The summed E-state index contributed by atoms with van der Waals surface area (Å²) in [4.78, 5) is 12.0. The van der Waals surface area contributed by atoms with E-state index in [4.69, 9.17) is 16.9 Å². The predicted octanol–water partition coefficient (Wildman–Crippen LogP) is 4.37. The summed E-state index contributed by atoms with van der Waals surface area (Å²) < 4.78 is 13.5. The minimum Gasteiger partial charge on any atom is -0.322 e. The fourth-order valence-corrected chi connectivity index (χ4v) is 2.17. The van der Waals surface area contributed by atoms with E-state index in [9.17, 15) is 9.18 Å². The van der Waals surface area contributed by atoms with Crippen molar-refractivity contribution in [1.82, 2.24) is 0 Å². The summed E-state index contributed by atoms with van der Waals surface area (Å²) >= 11 is 8.85. The van der Waals surface area contributed by atoms with Crippen LogP contribution in [0.1, 0.15) is 15.9 Å². The van der Waals surface area contributed by atoms with Gasteiger partial charge in [-0.05, 0) is 52.3 Å². The average molecular weight is 354 g/mol. The van der Waals surface area contributed by atoms with Crippen molar-refractivity contribution in [2.45, 2.75) is 0 Å². The number of amides is 1. The quantitative estimate of drug-likeness (QED) is 0.872. The van der Waals surface area contributed by atoms with Crippen molar-refractivity contribution in [3.63, 3.8) is 0 Å². The number of nitriles is 1. The highest BCUT2D eigenvalue weighted by atomic mass is 79.9. The van der Waals surface area contributed by atoms with E-state index >= 15 is 0 Å². The number of nitrogens with zero attached hydrogens (tertiary/aromatic N) is 1. The maximum Gasteiger partial charge on any atom is 0.255 e. The van der Waals surface area contributed by atoms with Gasteiger partial charge in [0.05, 0.1) is 10.6 Å². The van der Waals surface area contributed by atoms with Crippen molar-refractivity contribution in [3.8, 4) is 6.07 Å². The molecule has 0 radical (unpaired) electrons. The smallest absolute Gasteiger partial charge is 0.255 e. The van der Waals surface area contributed by atoms with E-state index in [-0.39, 0.29) is 10.9 Å². The third-order valence-electron chi connectivity index (χ3n) is 2.53. The second kappa shape index (κ2) is 6.04. The number of benzene rings is 2. The highest BCUT2D eigenvalue weighted by molar-refractivity contribution is 9.10. The van der Waals surface area contributed by atoms with Gasteiger partial charge in [0, 0.05) is 15.7 Å². The molecule has 0 fully saturated rings. The Labute approximate surface area is 128 Å². The zero-order valence-electron chi connectivity index (χ0n) is 9.95. The summed E-state index contributed by atoms with van der Waals surface area (Å²) in [6, 6.07) is 10.5. The Bertz CT molecular complexity index is 728. The number of rotatable bonds is 2. The van der Waals surface area contributed by atoms with Gasteiger partial charge in [-0.25, -0.2) is 4.39 Å². The van der Waals surface area contributed by atoms with Crippen LogP contribution >= 0.6 is 27.5 Å². The van der Waals surface area contributed by atoms with Gasteiger partial charge in [-0.2, -0.15) is 5.26 Å². The van der Waals surface area contributed by atoms with Crippen LogP contribution in [0.25, 0.3) is 0 Å². The first-order valence-electron chi connectivity index (χ1n) is 5.47. The first-order chi connectivity index (χ1) is 9.51. The molecule has 0 aliphatic rings. The van der Waals surface area contributed by atoms with Crippen molar-refractivity contribution in [1.29, 1.82) is 5.26 Å². The minimum atomic E-state index is -0.550. The summed E-state index contributed by atoms with van der Waals surface area (Å²) in [5.74, 6) is -0.927. The number of hydrogen-bond donors (Lipinski definition) is 1. The van der Waals surface area contributed by atoms with Crippen LogP contribution in [0.5, 0.6) is 0 Å². The van der Waals surface area contributed by atoms with Gasteiger partial charge in [-0.15, -0.1) is 0 Å². The van der Waals surface area contributed by atoms with Crippen molar-refractivity contribution >= 4 is 39.1 Å². The van der Waals surface area contributed by atoms with Crippen LogP contribution in [0.2, 0.25) is 5.02 Å². The molecule has 0 unspecified atom stereocenters. The normalized spacial score (nSPS) is 9.90. The Kier molecular flexibility index (Phi) is 4.38. The first kappa shape index (κ1) is 14.5. The van der Waals surface area contributed by atoms with Gasteiger partial charge in [0.15, 0.2) is 0 Å². The molecule has 3 nitrogen and oxygen atoms in total. The molecule has 6 heteroatoms. The summed E-state index contributed by atoms with van der Waals surface area (Å²) in [6.07, 6.45) is 0. The van der Waals surface area contributed by atoms with E-state index < -0.39 is 5.82 Å². The van der Waals surface area contributed by atoms with E-state index in [1.807, 2.05) is 6.07 Å². The molecule has 0 spiro atoms. The predicted molar refractivity (Wildman–Crippen MR) is 78.2 cm³/mol. The second-order valence-corrected chi connectivity index (χ2v) is 5.15. The third-order valence-corrected chi connectivity index (χ3v) is 3.47. The van der Waals surface area contributed by atoms with E-state index in [1.165, 1.54) is 30.3 Å². The van der Waals surface area contributed by atoms with Gasteiger partial charge in [-0.3, -0.25) is 4.79 Å². The Morgan fingerprint density at radius 3 is 2.65 bits per heavy atom. The number of nitrogens with one attached hydrogen (secondary N) is 1. The molecular formula is C14H7BrClFN2O. The summed E-state index contributed by atoms with van der Waals surface area (Å²) in [6.45, 7) is 0. The fraction of sp³-hybridized carbons (Fsp3) is 0. The van der Waals surface area contributed by atoms with Crippen molar-refractivity contribution < 1.29 is 9.18 Å². The Morgan fingerprint density at radius 2 is 2.05 bits per heavy atom. The summed E-state index contributed by atoms with van der Waals surface area (Å²) in [7, 11) is 0. The van der Waals surface area contributed by atoms with Crippen LogP contribution in [0.4, 0.5) is 10.1 Å². The highest BCUT2D eigenvalue weighted by Crippen LogP contribution is 2.21. The van der Waals surface area contributed by atoms with Crippen LogP contribution in [0, 0.1) is 17.1 Å². The van der Waals surface area contributed by atoms with Gasteiger partial charge < -0.3 is 5.32 Å². The van der Waals surface area contributed by atoms with Crippen LogP contribution in [0.15, 0.2) is 40.9 Å². The lowest BCUT2D eigenvalue weighted by Crippen LogP contribution is -2.12. The monoisotopic (exact) mass is 352 g/mol. The van der Waals surface area contributed by atoms with E-state index in [2.05, 4.69) is 21.2 Å². The van der Waals surface area contributed by atoms with Gasteiger partial charge in [0.1, 0.15) is 11.9 Å². The fourth-order valence-electron chi connectivity index (χ4n) is 1.52. The molecular weight excluding hydrogens is 347 g/mol. The Balaban J connectivity index is 2.22. The molecule has 0 saturated carbocycles. The molecule has 2 aromatic carbocycles. The molecule has 0 aliphatic heterocycles. The van der Waals surface area contributed by atoms with Crippen LogP contribution in [-0.2, 0) is 0 Å². The second-order valence-electron chi connectivity index (χ2n) is 3.89. The van der Waals surface area contributed by atoms with Gasteiger partial charge in [0.2, 0.25) is 0 Å². The minimum absolute atomic E-state index is 0.0659. The molecule has 0 bridgehead atoms. The van der Waals surface area contributed by atoms with Crippen molar-refractivity contribution in [2.75, 3.05) is 5.32 Å². The van der Waals surface area contributed by atoms with Crippen LogP contribution < -0.4 is 5.32 Å². The molecule has 20 heavy (non-hydrogen) atoms. The van der Waals surface area contributed by atoms with Gasteiger partial charge >= 0.3 is 0 Å². The SMILES string of the molecule is N#Cc1ccc(C(=O)Nc2ccc(F)c(Cl)c2)cc1Br. The average Bonchev–Trinajstić information content (AvgIpc) is 2.42. The van der Waals surface area contributed by atoms with Crippen molar-refractivity contribution in [3.05, 3.63) is 62.8 Å². The number of carbonyl (C=O) groups is 1. The molecule has 0 aliphatic carbocycles. The van der Waals surface area contributed by atoms with E-state index in [1.54, 1.807) is 6.07 Å². The lowest BCUT2D eigenvalue weighted by molar-refractivity contribution is 0.102. The van der Waals surface area contributed by atoms with Crippen LogP contribution in [-0.4, -0.2) is 5.91 Å². The molecule has 0 saturated heterocycles. The molecule has 1 N–H and O–H groups in total. The Morgan fingerprint density at radius 1 is 1.30 bits per heavy atom. The number of hydrogen-bond acceptors (Lipinski definition) is 2. The topological polar surface area (TPSA) is 52.9 Å². The number of anilines is 1. The molecule has 0 aromatic heterocycles. The molecule has 0 heterocycles. The van der Waals surface area contributed by atoms with Crippen LogP contribution in [0.3, 0.4) is 0 Å². The van der Waals surface area contributed by atoms with Gasteiger partial charge in [0.25, 0.3) is 5.91 Å². The van der Waals surface area contributed by atoms with Crippen molar-refractivity contribution in [2.24, 2.45) is 0 Å². The maximum atomic E-state index is 13.0. The number of halogens is 3. The Hall–Kier alpha value is -1.90. The van der Waals surface area contributed by atoms with E-state index in [0.29, 0.717) is 21.3 Å². The molecule has 0 atom stereocenters. The molecule has 100 valence electrons. The molecule has 1 amide bonds. The first-order valence-corrected chi connectivity index (χ1v) is 6.64. The van der Waals surface area contributed by atoms with E-state index in [0.717, 1.165) is 0 Å².